The van der Waals surface area contributed by atoms with Crippen molar-refractivity contribution in [3.63, 3.8) is 0 Å². The Bertz CT molecular complexity index is 1160. The molecule has 1 aromatic heterocycles. The van der Waals surface area contributed by atoms with Crippen molar-refractivity contribution in [3.8, 4) is 11.4 Å². The van der Waals surface area contributed by atoms with Gasteiger partial charge < -0.3 is 14.5 Å². The van der Waals surface area contributed by atoms with E-state index >= 15 is 0 Å². The minimum atomic E-state index is -0.524. The highest BCUT2D eigenvalue weighted by Gasteiger charge is 2.51. The first-order chi connectivity index (χ1) is 15.0. The van der Waals surface area contributed by atoms with Crippen LogP contribution < -0.4 is 9.64 Å². The average Bonchev–Trinajstić information content (AvgIpc) is 3.39. The normalized spacial score (nSPS) is 17.2. The number of amides is 2. The van der Waals surface area contributed by atoms with Crippen LogP contribution in [0.1, 0.15) is 28.8 Å². The third kappa shape index (κ3) is 2.91. The molecule has 5 rings (SSSR count). The molecule has 3 aromatic rings. The van der Waals surface area contributed by atoms with Crippen molar-refractivity contribution >= 4 is 17.5 Å². The molecule has 1 fully saturated rings. The predicted molar refractivity (Wildman–Crippen MR) is 117 cm³/mol. The zero-order valence-corrected chi connectivity index (χ0v) is 17.6. The van der Waals surface area contributed by atoms with Gasteiger partial charge in [0.2, 0.25) is 5.91 Å². The molecule has 0 unspecified atom stereocenters. The van der Waals surface area contributed by atoms with Crippen LogP contribution >= 0.6 is 0 Å². The van der Waals surface area contributed by atoms with Crippen LogP contribution in [0.15, 0.2) is 60.9 Å². The van der Waals surface area contributed by atoms with Crippen molar-refractivity contribution < 1.29 is 14.3 Å². The molecule has 0 N–H and O–H groups in total. The SMILES string of the molecule is COc1ccccc1-n1cc(C(=O)N2CCC3(CC2)C(=O)N(C)c2ccccc23)cn1. The van der Waals surface area contributed by atoms with Gasteiger partial charge in [0.05, 0.1) is 24.3 Å². The number of ether oxygens (including phenoxy) is 1. The van der Waals surface area contributed by atoms with Crippen LogP contribution in [0.25, 0.3) is 5.69 Å². The minimum Gasteiger partial charge on any atom is -0.494 e. The summed E-state index contributed by atoms with van der Waals surface area (Å²) in [4.78, 5) is 29.8. The number of carbonyl (C=O) groups excluding carboxylic acids is 2. The Labute approximate surface area is 180 Å². The summed E-state index contributed by atoms with van der Waals surface area (Å²) in [5.74, 6) is 0.750. The first-order valence-electron chi connectivity index (χ1n) is 10.4. The summed E-state index contributed by atoms with van der Waals surface area (Å²) in [6.45, 7) is 1.07. The number of likely N-dealkylation sites (N-methyl/N-ethyl adjacent to an activating group) is 1. The van der Waals surface area contributed by atoms with Crippen LogP contribution in [-0.4, -0.2) is 53.7 Å². The number of benzene rings is 2. The van der Waals surface area contributed by atoms with Crippen molar-refractivity contribution in [2.75, 3.05) is 32.1 Å². The van der Waals surface area contributed by atoms with E-state index in [9.17, 15) is 9.59 Å². The second kappa shape index (κ2) is 7.27. The molecule has 2 aliphatic heterocycles. The Balaban J connectivity index is 1.35. The maximum Gasteiger partial charge on any atom is 0.257 e. The number of carbonyl (C=O) groups is 2. The number of anilines is 1. The highest BCUT2D eigenvalue weighted by Crippen LogP contribution is 2.47. The molecule has 2 aliphatic rings. The lowest BCUT2D eigenvalue weighted by Crippen LogP contribution is -2.49. The maximum atomic E-state index is 13.1. The molecule has 1 saturated heterocycles. The topological polar surface area (TPSA) is 67.7 Å². The fourth-order valence-electron chi connectivity index (χ4n) is 4.86. The number of fused-ring (bicyclic) bond motifs is 2. The molecule has 2 aromatic carbocycles. The molecule has 0 bridgehead atoms. The van der Waals surface area contributed by atoms with E-state index < -0.39 is 5.41 Å². The van der Waals surface area contributed by atoms with E-state index in [1.165, 1.54) is 0 Å². The number of likely N-dealkylation sites (tertiary alicyclic amines) is 1. The van der Waals surface area contributed by atoms with Crippen LogP contribution in [0.3, 0.4) is 0 Å². The highest BCUT2D eigenvalue weighted by molar-refractivity contribution is 6.08. The van der Waals surface area contributed by atoms with Crippen LogP contribution in [0, 0.1) is 0 Å². The quantitative estimate of drug-likeness (QED) is 0.658. The fourth-order valence-corrected chi connectivity index (χ4v) is 4.86. The molecule has 7 heteroatoms. The fraction of sp³-hybridized carbons (Fsp3) is 0.292. The van der Waals surface area contributed by atoms with E-state index in [0.29, 0.717) is 37.2 Å². The molecule has 0 radical (unpaired) electrons. The molecule has 158 valence electrons. The summed E-state index contributed by atoms with van der Waals surface area (Å²) < 4.78 is 7.05. The summed E-state index contributed by atoms with van der Waals surface area (Å²) in [6, 6.07) is 15.5. The first kappa shape index (κ1) is 19.4. The molecule has 3 heterocycles. The van der Waals surface area contributed by atoms with Gasteiger partial charge in [-0.3, -0.25) is 9.59 Å². The van der Waals surface area contributed by atoms with Gasteiger partial charge in [0.15, 0.2) is 0 Å². The third-order valence-corrected chi connectivity index (χ3v) is 6.56. The molecular formula is C24H24N4O3. The Morgan fingerprint density at radius 1 is 1.03 bits per heavy atom. The maximum absolute atomic E-state index is 13.1. The Kier molecular flexibility index (Phi) is 4.54. The Morgan fingerprint density at radius 2 is 1.71 bits per heavy atom. The van der Waals surface area contributed by atoms with Crippen molar-refractivity contribution in [3.05, 3.63) is 72.1 Å². The Morgan fingerprint density at radius 3 is 2.45 bits per heavy atom. The van der Waals surface area contributed by atoms with Gasteiger partial charge in [-0.05, 0) is 36.6 Å². The number of hydrogen-bond acceptors (Lipinski definition) is 4. The predicted octanol–water partition coefficient (Wildman–Crippen LogP) is 3.03. The smallest absolute Gasteiger partial charge is 0.257 e. The molecule has 0 atom stereocenters. The van der Waals surface area contributed by atoms with E-state index in [1.54, 1.807) is 29.1 Å². The van der Waals surface area contributed by atoms with E-state index in [0.717, 1.165) is 16.9 Å². The minimum absolute atomic E-state index is 0.0666. The van der Waals surface area contributed by atoms with Gasteiger partial charge in [0.25, 0.3) is 5.91 Å². The van der Waals surface area contributed by atoms with Gasteiger partial charge in [0, 0.05) is 32.0 Å². The van der Waals surface area contributed by atoms with Crippen molar-refractivity contribution in [2.45, 2.75) is 18.3 Å². The molecule has 2 amide bonds. The largest absolute Gasteiger partial charge is 0.494 e. The standard InChI is InChI=1S/C24H24N4O3/c1-26-19-8-4-3-7-18(19)24(23(26)30)11-13-27(14-12-24)22(29)17-15-25-28(16-17)20-9-5-6-10-21(20)31-2/h3-10,15-16H,11-14H2,1-2H3. The van der Waals surface area contributed by atoms with Crippen LogP contribution in [0.5, 0.6) is 5.75 Å². The van der Waals surface area contributed by atoms with Crippen LogP contribution in [-0.2, 0) is 10.2 Å². The van der Waals surface area contributed by atoms with E-state index in [2.05, 4.69) is 5.10 Å². The van der Waals surface area contributed by atoms with Gasteiger partial charge in [-0.25, -0.2) is 4.68 Å². The second-order valence-corrected chi connectivity index (χ2v) is 8.10. The highest BCUT2D eigenvalue weighted by atomic mass is 16.5. The number of methoxy groups -OCH3 is 1. The first-order valence-corrected chi connectivity index (χ1v) is 10.4. The van der Waals surface area contributed by atoms with Gasteiger partial charge in [-0.2, -0.15) is 5.10 Å². The van der Waals surface area contributed by atoms with Crippen LogP contribution in [0.4, 0.5) is 5.69 Å². The average molecular weight is 416 g/mol. The number of nitrogens with zero attached hydrogens (tertiary/aromatic N) is 4. The van der Waals surface area contributed by atoms with Crippen LogP contribution in [0.2, 0.25) is 0 Å². The summed E-state index contributed by atoms with van der Waals surface area (Å²) in [5.41, 5.74) is 2.84. The Hall–Kier alpha value is -3.61. The molecule has 7 nitrogen and oxygen atoms in total. The third-order valence-electron chi connectivity index (χ3n) is 6.56. The number of hydrogen-bond donors (Lipinski definition) is 0. The van der Waals surface area contributed by atoms with Gasteiger partial charge in [-0.1, -0.05) is 30.3 Å². The zero-order chi connectivity index (χ0) is 21.6. The number of para-hydroxylation sites is 3. The van der Waals surface area contributed by atoms with E-state index in [4.69, 9.17) is 4.74 Å². The summed E-state index contributed by atoms with van der Waals surface area (Å²) in [6.07, 6.45) is 4.57. The molecule has 31 heavy (non-hydrogen) atoms. The second-order valence-electron chi connectivity index (χ2n) is 8.10. The lowest BCUT2D eigenvalue weighted by atomic mass is 9.73. The zero-order valence-electron chi connectivity index (χ0n) is 17.6. The van der Waals surface area contributed by atoms with Gasteiger partial charge in [-0.15, -0.1) is 0 Å². The van der Waals surface area contributed by atoms with Gasteiger partial charge >= 0.3 is 0 Å². The molecular weight excluding hydrogens is 392 g/mol. The molecule has 1 spiro atoms. The lowest BCUT2D eigenvalue weighted by Gasteiger charge is -2.38. The molecule has 0 saturated carbocycles. The van der Waals surface area contributed by atoms with Crippen molar-refractivity contribution in [2.24, 2.45) is 0 Å². The van der Waals surface area contributed by atoms with Crippen molar-refractivity contribution in [1.29, 1.82) is 0 Å². The summed E-state index contributed by atoms with van der Waals surface area (Å²) >= 11 is 0. The number of aromatic nitrogens is 2. The number of piperidine rings is 1. The van der Waals surface area contributed by atoms with E-state index in [-0.39, 0.29) is 11.8 Å². The summed E-state index contributed by atoms with van der Waals surface area (Å²) in [5, 5.41) is 4.36. The lowest BCUT2D eigenvalue weighted by molar-refractivity contribution is -0.124. The summed E-state index contributed by atoms with van der Waals surface area (Å²) in [7, 11) is 3.44. The van der Waals surface area contributed by atoms with Crippen molar-refractivity contribution in [1.82, 2.24) is 14.7 Å². The number of rotatable bonds is 3. The van der Waals surface area contributed by atoms with E-state index in [1.807, 2.05) is 60.5 Å². The molecule has 0 aliphatic carbocycles. The van der Waals surface area contributed by atoms with Gasteiger partial charge in [0.1, 0.15) is 11.4 Å². The monoisotopic (exact) mass is 416 g/mol.